The van der Waals surface area contributed by atoms with E-state index in [9.17, 15) is 4.79 Å². The topological polar surface area (TPSA) is 79.4 Å². The molecule has 1 amide bonds. The highest BCUT2D eigenvalue weighted by Crippen LogP contribution is 2.22. The third-order valence-corrected chi connectivity index (χ3v) is 2.71. The molecule has 1 unspecified atom stereocenters. The van der Waals surface area contributed by atoms with Gasteiger partial charge in [-0.2, -0.15) is 0 Å². The summed E-state index contributed by atoms with van der Waals surface area (Å²) in [5.41, 5.74) is 4.94. The Morgan fingerprint density at radius 3 is 2.65 bits per heavy atom. The lowest BCUT2D eigenvalue weighted by Gasteiger charge is -2.36. The fraction of sp³-hybridized carbons (Fsp3) is 0.833. The molecule has 17 heavy (non-hydrogen) atoms. The molecule has 1 heterocycles. The highest BCUT2D eigenvalue weighted by Gasteiger charge is 2.30. The van der Waals surface area contributed by atoms with E-state index in [1.807, 2.05) is 20.8 Å². The molecule has 0 aromatic heterocycles. The number of rotatable bonds is 2. The first-order chi connectivity index (χ1) is 7.79. The van der Waals surface area contributed by atoms with Gasteiger partial charge in [-0.1, -0.05) is 0 Å². The molecule has 0 spiro atoms. The molecule has 1 rings (SSSR count). The summed E-state index contributed by atoms with van der Waals surface area (Å²) >= 11 is 0. The highest BCUT2D eigenvalue weighted by atomic mass is 16.6. The molecular formula is C12H23N3O2. The van der Waals surface area contributed by atoms with Crippen molar-refractivity contribution in [3.63, 3.8) is 0 Å². The van der Waals surface area contributed by atoms with Gasteiger partial charge >= 0.3 is 6.09 Å². The van der Waals surface area contributed by atoms with Crippen LogP contribution in [0, 0.1) is 5.41 Å². The van der Waals surface area contributed by atoms with Crippen LogP contribution >= 0.6 is 0 Å². The zero-order valence-corrected chi connectivity index (χ0v) is 11.0. The second-order valence-corrected chi connectivity index (χ2v) is 5.55. The number of ether oxygens (including phenoxy) is 1. The van der Waals surface area contributed by atoms with Crippen molar-refractivity contribution in [2.75, 3.05) is 6.54 Å². The molecule has 0 aromatic carbocycles. The van der Waals surface area contributed by atoms with Crippen LogP contribution < -0.4 is 5.73 Å². The molecule has 0 bridgehead atoms. The number of piperidine rings is 1. The lowest BCUT2D eigenvalue weighted by atomic mass is 9.99. The zero-order chi connectivity index (χ0) is 13.1. The summed E-state index contributed by atoms with van der Waals surface area (Å²) < 4.78 is 5.36. The number of nitrogens with one attached hydrogen (secondary N) is 1. The Hall–Kier alpha value is -1.26. The number of hydrogen-bond acceptors (Lipinski definition) is 3. The van der Waals surface area contributed by atoms with Crippen molar-refractivity contribution < 1.29 is 9.53 Å². The normalized spacial score (nSPS) is 21.1. The van der Waals surface area contributed by atoms with Gasteiger partial charge in [0.05, 0.1) is 5.84 Å². The van der Waals surface area contributed by atoms with Gasteiger partial charge in [-0.05, 0) is 40.0 Å². The van der Waals surface area contributed by atoms with Gasteiger partial charge in [-0.3, -0.25) is 5.41 Å². The van der Waals surface area contributed by atoms with Crippen LogP contribution in [-0.2, 0) is 4.74 Å². The van der Waals surface area contributed by atoms with E-state index in [-0.39, 0.29) is 18.0 Å². The molecule has 0 aliphatic carbocycles. The highest BCUT2D eigenvalue weighted by molar-refractivity contribution is 5.78. The maximum atomic E-state index is 12.0. The Bertz CT molecular complexity index is 297. The van der Waals surface area contributed by atoms with Crippen LogP contribution in [0.15, 0.2) is 0 Å². The van der Waals surface area contributed by atoms with Gasteiger partial charge in [0, 0.05) is 19.0 Å². The van der Waals surface area contributed by atoms with Gasteiger partial charge in [-0.25, -0.2) is 4.79 Å². The van der Waals surface area contributed by atoms with E-state index >= 15 is 0 Å². The van der Waals surface area contributed by atoms with Crippen LogP contribution in [0.1, 0.15) is 46.5 Å². The number of nitrogens with zero attached hydrogens (tertiary/aromatic N) is 1. The summed E-state index contributed by atoms with van der Waals surface area (Å²) in [5, 5.41) is 7.34. The van der Waals surface area contributed by atoms with Gasteiger partial charge in [0.25, 0.3) is 0 Å². The molecule has 1 atom stereocenters. The monoisotopic (exact) mass is 241 g/mol. The fourth-order valence-electron chi connectivity index (χ4n) is 2.03. The fourth-order valence-corrected chi connectivity index (χ4v) is 2.03. The lowest BCUT2D eigenvalue weighted by molar-refractivity contribution is 0.0107. The van der Waals surface area contributed by atoms with Gasteiger partial charge < -0.3 is 15.4 Å². The third-order valence-electron chi connectivity index (χ3n) is 2.71. The lowest BCUT2D eigenvalue weighted by Crippen LogP contribution is -2.47. The molecule has 5 heteroatoms. The van der Waals surface area contributed by atoms with Crippen LogP contribution in [0.25, 0.3) is 0 Å². The summed E-state index contributed by atoms with van der Waals surface area (Å²) in [5.74, 6) is 0.130. The largest absolute Gasteiger partial charge is 0.444 e. The zero-order valence-electron chi connectivity index (χ0n) is 11.0. The Morgan fingerprint density at radius 1 is 1.47 bits per heavy atom. The van der Waals surface area contributed by atoms with Crippen molar-refractivity contribution in [1.82, 2.24) is 4.90 Å². The molecule has 3 N–H and O–H groups in total. The van der Waals surface area contributed by atoms with Crippen molar-refractivity contribution in [1.29, 1.82) is 5.41 Å². The van der Waals surface area contributed by atoms with Gasteiger partial charge in [0.2, 0.25) is 0 Å². The molecule has 0 aromatic rings. The van der Waals surface area contributed by atoms with Gasteiger partial charge in [0.15, 0.2) is 0 Å². The van der Waals surface area contributed by atoms with E-state index in [1.165, 1.54) is 0 Å². The predicted molar refractivity (Wildman–Crippen MR) is 67.1 cm³/mol. The molecule has 1 aliphatic heterocycles. The van der Waals surface area contributed by atoms with Crippen molar-refractivity contribution in [3.05, 3.63) is 0 Å². The summed E-state index contributed by atoms with van der Waals surface area (Å²) in [4.78, 5) is 13.7. The Balaban J connectivity index is 2.64. The van der Waals surface area contributed by atoms with Crippen LogP contribution in [0.3, 0.4) is 0 Å². The SMILES string of the molecule is CC(C)(C)OC(=O)N1CCCCC1CC(=N)N. The maximum Gasteiger partial charge on any atom is 0.410 e. The number of nitrogens with two attached hydrogens (primary N) is 1. The van der Waals surface area contributed by atoms with Crippen LogP contribution in [-0.4, -0.2) is 35.0 Å². The first-order valence-electron chi connectivity index (χ1n) is 6.12. The number of amidine groups is 1. The van der Waals surface area contributed by atoms with E-state index in [1.54, 1.807) is 4.90 Å². The second kappa shape index (κ2) is 5.38. The first-order valence-corrected chi connectivity index (χ1v) is 6.12. The molecule has 1 aliphatic rings. The number of likely N-dealkylation sites (tertiary alicyclic amines) is 1. The number of amides is 1. The Morgan fingerprint density at radius 2 is 2.12 bits per heavy atom. The quantitative estimate of drug-likeness (QED) is 0.574. The predicted octanol–water partition coefficient (Wildman–Crippen LogP) is 2.10. The maximum absolute atomic E-state index is 12.0. The van der Waals surface area contributed by atoms with Crippen molar-refractivity contribution >= 4 is 11.9 Å². The van der Waals surface area contributed by atoms with E-state index in [2.05, 4.69) is 0 Å². The average Bonchev–Trinajstić information content (AvgIpc) is 2.14. The summed E-state index contributed by atoms with van der Waals surface area (Å²) in [6.07, 6.45) is 3.13. The second-order valence-electron chi connectivity index (χ2n) is 5.55. The van der Waals surface area contributed by atoms with E-state index < -0.39 is 5.60 Å². The number of carbonyl (C=O) groups excluding carboxylic acids is 1. The molecule has 98 valence electrons. The van der Waals surface area contributed by atoms with E-state index in [4.69, 9.17) is 15.9 Å². The minimum atomic E-state index is -0.477. The molecule has 1 fully saturated rings. The molecule has 1 saturated heterocycles. The van der Waals surface area contributed by atoms with Crippen LogP contribution in [0.4, 0.5) is 4.79 Å². The van der Waals surface area contributed by atoms with Crippen LogP contribution in [0.2, 0.25) is 0 Å². The van der Waals surface area contributed by atoms with Gasteiger partial charge in [0.1, 0.15) is 5.60 Å². The standard InChI is InChI=1S/C12H23N3O2/c1-12(2,3)17-11(16)15-7-5-4-6-9(15)8-10(13)14/h9H,4-8H2,1-3H3,(H3,13,14). The Labute approximate surface area is 103 Å². The van der Waals surface area contributed by atoms with Gasteiger partial charge in [-0.15, -0.1) is 0 Å². The third kappa shape index (κ3) is 4.63. The summed E-state index contributed by atoms with van der Waals surface area (Å²) in [6.45, 7) is 6.27. The minimum Gasteiger partial charge on any atom is -0.444 e. The average molecular weight is 241 g/mol. The minimum absolute atomic E-state index is 0.0242. The molecule has 5 nitrogen and oxygen atoms in total. The number of hydrogen-bond donors (Lipinski definition) is 2. The number of carbonyl (C=O) groups is 1. The molecule has 0 radical (unpaired) electrons. The molecular weight excluding hydrogens is 218 g/mol. The smallest absolute Gasteiger partial charge is 0.410 e. The van der Waals surface area contributed by atoms with E-state index in [0.717, 1.165) is 19.3 Å². The summed E-state index contributed by atoms with van der Waals surface area (Å²) in [6, 6.07) is 0.0242. The van der Waals surface area contributed by atoms with Crippen LogP contribution in [0.5, 0.6) is 0 Å². The first kappa shape index (κ1) is 13.8. The summed E-state index contributed by atoms with van der Waals surface area (Å²) in [7, 11) is 0. The van der Waals surface area contributed by atoms with E-state index in [0.29, 0.717) is 13.0 Å². The van der Waals surface area contributed by atoms with Crippen molar-refractivity contribution in [2.24, 2.45) is 5.73 Å². The Kier molecular flexibility index (Phi) is 4.37. The van der Waals surface area contributed by atoms with Crippen molar-refractivity contribution in [3.8, 4) is 0 Å². The van der Waals surface area contributed by atoms with Crippen molar-refractivity contribution in [2.45, 2.75) is 58.1 Å². The molecule has 0 saturated carbocycles.